The van der Waals surface area contributed by atoms with E-state index >= 15 is 0 Å². The van der Waals surface area contributed by atoms with Crippen LogP contribution in [0, 0.1) is 17.5 Å². The van der Waals surface area contributed by atoms with Crippen molar-refractivity contribution in [3.05, 3.63) is 34.1 Å². The number of halogens is 4. The van der Waals surface area contributed by atoms with E-state index in [0.29, 0.717) is 18.9 Å². The van der Waals surface area contributed by atoms with Crippen LogP contribution in [0.25, 0.3) is 0 Å². The molecular weight excluding hydrogens is 281 g/mol. The van der Waals surface area contributed by atoms with E-state index in [1.54, 1.807) is 0 Å². The summed E-state index contributed by atoms with van der Waals surface area (Å²) in [6.45, 7) is 0. The Labute approximate surface area is 113 Å². The predicted molar refractivity (Wildman–Crippen MR) is 63.7 cm³/mol. The van der Waals surface area contributed by atoms with Gasteiger partial charge in [0.15, 0.2) is 11.6 Å². The number of carbonyl (C=O) groups is 1. The molecule has 2 rings (SSSR count). The van der Waals surface area contributed by atoms with E-state index in [-0.39, 0.29) is 12.8 Å². The predicted octanol–water partition coefficient (Wildman–Crippen LogP) is 4.04. The molecule has 1 fully saturated rings. The lowest BCUT2D eigenvalue weighted by molar-refractivity contribution is -0.145. The van der Waals surface area contributed by atoms with Crippen molar-refractivity contribution in [3.63, 3.8) is 0 Å². The third-order valence-corrected chi connectivity index (χ3v) is 3.98. The van der Waals surface area contributed by atoms with Gasteiger partial charge >= 0.3 is 5.97 Å². The maximum atomic E-state index is 14.0. The van der Waals surface area contributed by atoms with Crippen LogP contribution in [0.4, 0.5) is 13.2 Å². The van der Waals surface area contributed by atoms with Crippen LogP contribution in [0.3, 0.4) is 0 Å². The molecule has 1 aliphatic rings. The highest BCUT2D eigenvalue weighted by Gasteiger charge is 2.46. The fourth-order valence-electron chi connectivity index (χ4n) is 2.72. The lowest BCUT2D eigenvalue weighted by atomic mass is 9.69. The minimum absolute atomic E-state index is 0.0793. The number of hydrogen-bond donors (Lipinski definition) is 1. The molecule has 1 aromatic rings. The molecule has 0 amide bonds. The highest BCUT2D eigenvalue weighted by Crippen LogP contribution is 2.43. The van der Waals surface area contributed by atoms with Gasteiger partial charge in [0.25, 0.3) is 0 Å². The molecule has 0 aromatic heterocycles. The van der Waals surface area contributed by atoms with E-state index in [4.69, 9.17) is 11.6 Å². The molecule has 0 aliphatic heterocycles. The standard InChI is InChI=1S/C13H12ClF3O2/c14-7-6-8(15)11(17)9(10(7)16)13(12(18)19)4-2-1-3-5-13/h6H,1-5H2,(H,18,19). The van der Waals surface area contributed by atoms with Crippen LogP contribution in [-0.2, 0) is 10.2 Å². The summed E-state index contributed by atoms with van der Waals surface area (Å²) in [4.78, 5) is 11.5. The first-order chi connectivity index (χ1) is 8.90. The molecule has 1 N–H and O–H groups in total. The fraction of sp³-hybridized carbons (Fsp3) is 0.462. The Morgan fingerprint density at radius 2 is 1.74 bits per heavy atom. The molecular formula is C13H12ClF3O2. The molecule has 104 valence electrons. The summed E-state index contributed by atoms with van der Waals surface area (Å²) in [5, 5.41) is 8.78. The largest absolute Gasteiger partial charge is 0.481 e. The van der Waals surface area contributed by atoms with E-state index in [1.165, 1.54) is 0 Å². The van der Waals surface area contributed by atoms with Crippen molar-refractivity contribution in [3.8, 4) is 0 Å². The smallest absolute Gasteiger partial charge is 0.314 e. The maximum Gasteiger partial charge on any atom is 0.314 e. The molecule has 0 heterocycles. The van der Waals surface area contributed by atoms with Crippen LogP contribution in [0.15, 0.2) is 6.07 Å². The molecule has 2 nitrogen and oxygen atoms in total. The quantitative estimate of drug-likeness (QED) is 0.835. The summed E-state index contributed by atoms with van der Waals surface area (Å²) < 4.78 is 41.3. The number of benzene rings is 1. The third-order valence-electron chi connectivity index (χ3n) is 3.71. The monoisotopic (exact) mass is 292 g/mol. The van der Waals surface area contributed by atoms with Crippen molar-refractivity contribution < 1.29 is 23.1 Å². The van der Waals surface area contributed by atoms with Gasteiger partial charge in [-0.25, -0.2) is 13.2 Å². The van der Waals surface area contributed by atoms with Crippen molar-refractivity contribution in [1.29, 1.82) is 0 Å². The van der Waals surface area contributed by atoms with Crippen LogP contribution in [0.1, 0.15) is 37.7 Å². The normalized spacial score (nSPS) is 18.3. The Hall–Kier alpha value is -1.23. The summed E-state index contributed by atoms with van der Waals surface area (Å²) in [7, 11) is 0. The van der Waals surface area contributed by atoms with Crippen LogP contribution in [0.5, 0.6) is 0 Å². The molecule has 1 aromatic carbocycles. The van der Waals surface area contributed by atoms with Crippen molar-refractivity contribution in [2.24, 2.45) is 0 Å². The van der Waals surface area contributed by atoms with Gasteiger partial charge in [-0.1, -0.05) is 30.9 Å². The first kappa shape index (κ1) is 14.2. The molecule has 0 unspecified atom stereocenters. The van der Waals surface area contributed by atoms with Crippen molar-refractivity contribution in [1.82, 2.24) is 0 Å². The highest BCUT2D eigenvalue weighted by molar-refractivity contribution is 6.30. The Bertz CT molecular complexity index is 499. The average Bonchev–Trinajstić information content (AvgIpc) is 2.37. The molecule has 1 saturated carbocycles. The van der Waals surface area contributed by atoms with Crippen molar-refractivity contribution in [2.75, 3.05) is 0 Å². The number of hydrogen-bond acceptors (Lipinski definition) is 1. The van der Waals surface area contributed by atoms with Crippen molar-refractivity contribution >= 4 is 17.6 Å². The number of carboxylic acids is 1. The highest BCUT2D eigenvalue weighted by atomic mass is 35.5. The summed E-state index contributed by atoms with van der Waals surface area (Å²) in [5.41, 5.74) is -2.47. The lowest BCUT2D eigenvalue weighted by Crippen LogP contribution is -2.40. The Morgan fingerprint density at radius 3 is 2.26 bits per heavy atom. The number of aliphatic carboxylic acids is 1. The van der Waals surface area contributed by atoms with Gasteiger partial charge in [-0.15, -0.1) is 0 Å². The maximum absolute atomic E-state index is 14.0. The molecule has 6 heteroatoms. The summed E-state index contributed by atoms with van der Waals surface area (Å²) >= 11 is 5.50. The SMILES string of the molecule is O=C(O)C1(c2c(F)c(F)cc(Cl)c2F)CCCCC1. The van der Waals surface area contributed by atoms with E-state index in [2.05, 4.69) is 0 Å². The fourth-order valence-corrected chi connectivity index (χ4v) is 2.91. The van der Waals surface area contributed by atoms with Crippen LogP contribution in [-0.4, -0.2) is 11.1 Å². The molecule has 0 bridgehead atoms. The van der Waals surface area contributed by atoms with E-state index in [0.717, 1.165) is 6.42 Å². The minimum Gasteiger partial charge on any atom is -0.481 e. The van der Waals surface area contributed by atoms with Crippen LogP contribution >= 0.6 is 11.6 Å². The van der Waals surface area contributed by atoms with E-state index < -0.39 is 39.4 Å². The van der Waals surface area contributed by atoms with Gasteiger partial charge < -0.3 is 5.11 Å². The lowest BCUT2D eigenvalue weighted by Gasteiger charge is -2.34. The zero-order chi connectivity index (χ0) is 14.2. The van der Waals surface area contributed by atoms with E-state index in [1.807, 2.05) is 0 Å². The topological polar surface area (TPSA) is 37.3 Å². The number of rotatable bonds is 2. The molecule has 19 heavy (non-hydrogen) atoms. The first-order valence-electron chi connectivity index (χ1n) is 5.97. The zero-order valence-corrected chi connectivity index (χ0v) is 10.7. The average molecular weight is 293 g/mol. The molecule has 0 spiro atoms. The summed E-state index contributed by atoms with van der Waals surface area (Å²) in [5.74, 6) is -5.30. The Balaban J connectivity index is 2.70. The van der Waals surface area contributed by atoms with Gasteiger partial charge in [-0.05, 0) is 18.9 Å². The van der Waals surface area contributed by atoms with E-state index in [9.17, 15) is 23.1 Å². The molecule has 0 saturated heterocycles. The summed E-state index contributed by atoms with van der Waals surface area (Å²) in [6.07, 6.45) is 2.01. The summed E-state index contributed by atoms with van der Waals surface area (Å²) in [6, 6.07) is 0.522. The van der Waals surface area contributed by atoms with Gasteiger partial charge in [0.1, 0.15) is 5.82 Å². The van der Waals surface area contributed by atoms with Gasteiger partial charge in [-0.2, -0.15) is 0 Å². The number of carboxylic acid groups (broad SMARTS) is 1. The first-order valence-corrected chi connectivity index (χ1v) is 6.35. The van der Waals surface area contributed by atoms with Crippen LogP contribution in [0.2, 0.25) is 5.02 Å². The van der Waals surface area contributed by atoms with Gasteiger partial charge in [0.2, 0.25) is 0 Å². The van der Waals surface area contributed by atoms with Gasteiger partial charge in [0.05, 0.1) is 10.4 Å². The second-order valence-corrected chi connectivity index (χ2v) is 5.20. The zero-order valence-electron chi connectivity index (χ0n) is 9.98. The third kappa shape index (κ3) is 2.20. The second kappa shape index (κ2) is 5.04. The molecule has 1 aliphatic carbocycles. The molecule has 0 atom stereocenters. The van der Waals surface area contributed by atoms with Gasteiger partial charge in [0, 0.05) is 5.56 Å². The molecule has 0 radical (unpaired) electrons. The van der Waals surface area contributed by atoms with Gasteiger partial charge in [-0.3, -0.25) is 4.79 Å². The Morgan fingerprint density at radius 1 is 1.16 bits per heavy atom. The van der Waals surface area contributed by atoms with Crippen LogP contribution < -0.4 is 0 Å². The second-order valence-electron chi connectivity index (χ2n) is 4.79. The van der Waals surface area contributed by atoms with Crippen molar-refractivity contribution in [2.45, 2.75) is 37.5 Å². The minimum atomic E-state index is -1.72. The Kier molecular flexibility index (Phi) is 3.76.